The van der Waals surface area contributed by atoms with E-state index in [1.54, 1.807) is 12.3 Å². The Morgan fingerprint density at radius 3 is 2.56 bits per heavy atom. The number of aliphatic hydroxyl groups is 1. The van der Waals surface area contributed by atoms with Gasteiger partial charge in [-0.05, 0) is 48.0 Å². The summed E-state index contributed by atoms with van der Waals surface area (Å²) in [4.78, 5) is 4.48. The fourth-order valence-corrected chi connectivity index (χ4v) is 3.43. The number of hydrogen-bond donors (Lipinski definition) is 1. The quantitative estimate of drug-likeness (QED) is 0.897. The maximum absolute atomic E-state index is 13.1. The average molecular weight is 370 g/mol. The lowest BCUT2D eigenvalue weighted by atomic mass is 10.1. The van der Waals surface area contributed by atoms with Crippen LogP contribution in [-0.4, -0.2) is 49.3 Å². The average Bonchev–Trinajstić information content (AvgIpc) is 2.94. The van der Waals surface area contributed by atoms with Crippen molar-refractivity contribution in [2.45, 2.75) is 6.10 Å². The molecule has 0 bridgehead atoms. The molecule has 4 rings (SSSR count). The van der Waals surface area contributed by atoms with Gasteiger partial charge in [-0.2, -0.15) is 0 Å². The lowest BCUT2D eigenvalue weighted by Crippen LogP contribution is -2.47. The van der Waals surface area contributed by atoms with Gasteiger partial charge in [0, 0.05) is 38.4 Å². The molecular weight excluding hydrogens is 347 g/mol. The normalized spacial score (nSPS) is 18.2. The molecule has 2 aromatic rings. The van der Waals surface area contributed by atoms with E-state index in [0.717, 1.165) is 37.4 Å². The minimum atomic E-state index is -0.594. The number of anilines is 1. The molecular formula is C21H23FN2O3. The number of rotatable bonds is 4. The number of halogens is 1. The smallest absolute Gasteiger partial charge is 0.168 e. The molecule has 1 fully saturated rings. The molecule has 2 aliphatic heterocycles. The lowest BCUT2D eigenvalue weighted by Gasteiger charge is -2.37. The number of aliphatic hydroxyl groups excluding tert-OH is 1. The number of hydrogen-bond acceptors (Lipinski definition) is 5. The highest BCUT2D eigenvalue weighted by Gasteiger charge is 2.21. The Hall–Kier alpha value is -2.57. The maximum Gasteiger partial charge on any atom is 0.168 e. The highest BCUT2D eigenvalue weighted by atomic mass is 19.1. The predicted octanol–water partition coefficient (Wildman–Crippen LogP) is 2.97. The first-order valence-electron chi connectivity index (χ1n) is 9.18. The molecule has 0 aromatic heterocycles. The third-order valence-electron chi connectivity index (χ3n) is 4.97. The fourth-order valence-electron chi connectivity index (χ4n) is 3.43. The Labute approximate surface area is 158 Å². The fraction of sp³-hybridized carbons (Fsp3) is 0.333. The number of ether oxygens (including phenoxy) is 2. The number of nitrogens with zero attached hydrogens (tertiary/aromatic N) is 2. The van der Waals surface area contributed by atoms with Crippen LogP contribution >= 0.6 is 0 Å². The highest BCUT2D eigenvalue weighted by molar-refractivity contribution is 5.47. The Bertz CT molecular complexity index is 802. The Kier molecular flexibility index (Phi) is 5.27. The topological polar surface area (TPSA) is 45.2 Å². The molecule has 0 aliphatic carbocycles. The number of β-amino-alcohol motifs (C(OH)–C–C–N with tert-alkyl or cyclic N) is 1. The second-order valence-electron chi connectivity index (χ2n) is 6.79. The van der Waals surface area contributed by atoms with E-state index in [0.29, 0.717) is 24.7 Å². The molecule has 1 unspecified atom stereocenters. The number of benzene rings is 2. The van der Waals surface area contributed by atoms with Gasteiger partial charge in [-0.25, -0.2) is 4.39 Å². The molecule has 2 aliphatic rings. The summed E-state index contributed by atoms with van der Waals surface area (Å²) >= 11 is 0. The van der Waals surface area contributed by atoms with Crippen molar-refractivity contribution in [2.75, 3.05) is 44.2 Å². The minimum absolute atomic E-state index is 0.217. The first-order valence-corrected chi connectivity index (χ1v) is 9.18. The van der Waals surface area contributed by atoms with Crippen molar-refractivity contribution in [1.29, 1.82) is 0 Å². The van der Waals surface area contributed by atoms with Gasteiger partial charge in [0.25, 0.3) is 0 Å². The van der Waals surface area contributed by atoms with Gasteiger partial charge >= 0.3 is 0 Å². The summed E-state index contributed by atoms with van der Waals surface area (Å²) in [5, 5.41) is 10.6. The predicted molar refractivity (Wildman–Crippen MR) is 102 cm³/mol. The molecule has 1 N–H and O–H groups in total. The first-order chi connectivity index (χ1) is 13.2. The van der Waals surface area contributed by atoms with Gasteiger partial charge in [-0.1, -0.05) is 6.07 Å². The third-order valence-corrected chi connectivity index (χ3v) is 4.97. The SMILES string of the molecule is OC(CN1CCN(c2ccc(F)cc2)CC1)c1ccc2c(c1)OC=CCO2. The zero-order valence-corrected chi connectivity index (χ0v) is 15.1. The molecule has 0 spiro atoms. The molecule has 27 heavy (non-hydrogen) atoms. The van der Waals surface area contributed by atoms with Crippen LogP contribution in [0.2, 0.25) is 0 Å². The minimum Gasteiger partial charge on any atom is -0.485 e. The zero-order valence-electron chi connectivity index (χ0n) is 15.1. The third kappa shape index (κ3) is 4.23. The van der Waals surface area contributed by atoms with Crippen LogP contribution in [0.1, 0.15) is 11.7 Å². The molecule has 0 radical (unpaired) electrons. The van der Waals surface area contributed by atoms with Crippen LogP contribution in [0.15, 0.2) is 54.8 Å². The van der Waals surface area contributed by atoms with E-state index in [9.17, 15) is 9.50 Å². The van der Waals surface area contributed by atoms with E-state index >= 15 is 0 Å². The van der Waals surface area contributed by atoms with Crippen molar-refractivity contribution >= 4 is 5.69 Å². The van der Waals surface area contributed by atoms with Crippen LogP contribution in [0.3, 0.4) is 0 Å². The van der Waals surface area contributed by atoms with Crippen molar-refractivity contribution in [3.63, 3.8) is 0 Å². The van der Waals surface area contributed by atoms with Crippen LogP contribution < -0.4 is 14.4 Å². The molecule has 6 heteroatoms. The van der Waals surface area contributed by atoms with Gasteiger partial charge < -0.3 is 19.5 Å². The van der Waals surface area contributed by atoms with Crippen LogP contribution in [0.5, 0.6) is 11.5 Å². The summed E-state index contributed by atoms with van der Waals surface area (Å²) in [7, 11) is 0. The second kappa shape index (κ2) is 7.98. The van der Waals surface area contributed by atoms with Crippen molar-refractivity contribution in [1.82, 2.24) is 4.90 Å². The second-order valence-corrected chi connectivity index (χ2v) is 6.79. The largest absolute Gasteiger partial charge is 0.485 e. The van der Waals surface area contributed by atoms with Crippen LogP contribution in [0, 0.1) is 5.82 Å². The molecule has 2 aromatic carbocycles. The summed E-state index contributed by atoms with van der Waals surface area (Å²) in [6.45, 7) is 4.44. The molecule has 2 heterocycles. The van der Waals surface area contributed by atoms with Gasteiger partial charge in [-0.3, -0.25) is 4.90 Å². The molecule has 142 valence electrons. The van der Waals surface area contributed by atoms with Crippen molar-refractivity contribution in [3.8, 4) is 11.5 Å². The van der Waals surface area contributed by atoms with Crippen molar-refractivity contribution in [3.05, 3.63) is 66.2 Å². The van der Waals surface area contributed by atoms with Gasteiger partial charge in [0.15, 0.2) is 11.5 Å². The maximum atomic E-state index is 13.1. The van der Waals surface area contributed by atoms with E-state index in [1.807, 2.05) is 30.3 Å². The summed E-state index contributed by atoms with van der Waals surface area (Å²) in [6, 6.07) is 12.2. The lowest BCUT2D eigenvalue weighted by molar-refractivity contribution is 0.109. The van der Waals surface area contributed by atoms with Crippen LogP contribution in [0.4, 0.5) is 10.1 Å². The zero-order chi connectivity index (χ0) is 18.6. The van der Waals surface area contributed by atoms with Gasteiger partial charge in [0.1, 0.15) is 12.4 Å². The van der Waals surface area contributed by atoms with E-state index in [-0.39, 0.29) is 5.82 Å². The number of piperazine rings is 1. The molecule has 1 atom stereocenters. The van der Waals surface area contributed by atoms with E-state index in [4.69, 9.17) is 9.47 Å². The highest BCUT2D eigenvalue weighted by Crippen LogP contribution is 2.32. The van der Waals surface area contributed by atoms with Crippen LogP contribution in [0.25, 0.3) is 0 Å². The molecule has 0 saturated carbocycles. The van der Waals surface area contributed by atoms with Crippen LogP contribution in [-0.2, 0) is 0 Å². The Morgan fingerprint density at radius 2 is 1.78 bits per heavy atom. The Morgan fingerprint density at radius 1 is 1.00 bits per heavy atom. The van der Waals surface area contributed by atoms with E-state index in [2.05, 4.69) is 9.80 Å². The van der Waals surface area contributed by atoms with Crippen molar-refractivity contribution in [2.24, 2.45) is 0 Å². The Balaban J connectivity index is 1.34. The molecule has 5 nitrogen and oxygen atoms in total. The summed E-state index contributed by atoms with van der Waals surface area (Å²) < 4.78 is 24.2. The summed E-state index contributed by atoms with van der Waals surface area (Å²) in [5.74, 6) is 1.09. The first kappa shape index (κ1) is 17.8. The monoisotopic (exact) mass is 370 g/mol. The standard InChI is InChI=1S/C21H23FN2O3/c22-17-3-5-18(6-4-17)24-10-8-23(9-11-24)15-19(25)16-2-7-20-21(14-16)27-13-1-12-26-20/h1-7,13-14,19,25H,8-12,15H2. The molecule has 1 saturated heterocycles. The van der Waals surface area contributed by atoms with E-state index in [1.165, 1.54) is 12.1 Å². The van der Waals surface area contributed by atoms with Crippen molar-refractivity contribution < 1.29 is 19.0 Å². The van der Waals surface area contributed by atoms with Gasteiger partial charge in [-0.15, -0.1) is 0 Å². The summed E-state index contributed by atoms with van der Waals surface area (Å²) in [6.07, 6.45) is 2.82. The molecule has 0 amide bonds. The van der Waals surface area contributed by atoms with E-state index < -0.39 is 6.10 Å². The summed E-state index contributed by atoms with van der Waals surface area (Å²) in [5.41, 5.74) is 1.85. The van der Waals surface area contributed by atoms with Gasteiger partial charge in [0.2, 0.25) is 0 Å². The number of fused-ring (bicyclic) bond motifs is 1. The van der Waals surface area contributed by atoms with Gasteiger partial charge in [0.05, 0.1) is 12.4 Å².